The first-order chi connectivity index (χ1) is 14.5. The third-order valence-electron chi connectivity index (χ3n) is 4.48. The molecule has 6 heteroatoms. The van der Waals surface area contributed by atoms with E-state index in [0.29, 0.717) is 34.2 Å². The fraction of sp³-hybridized carbons (Fsp3) is 0.167. The highest BCUT2D eigenvalue weighted by molar-refractivity contribution is 6.06. The summed E-state index contributed by atoms with van der Waals surface area (Å²) in [5.74, 6) is 1.41. The third-order valence-corrected chi connectivity index (χ3v) is 4.48. The summed E-state index contributed by atoms with van der Waals surface area (Å²) in [5.41, 5.74) is 3.64. The minimum absolute atomic E-state index is 0.189. The van der Waals surface area contributed by atoms with Gasteiger partial charge in [0.2, 0.25) is 5.75 Å². The molecule has 1 amide bonds. The predicted octanol–water partition coefficient (Wildman–Crippen LogP) is 5.02. The van der Waals surface area contributed by atoms with E-state index >= 15 is 0 Å². The van der Waals surface area contributed by atoms with Crippen molar-refractivity contribution in [2.45, 2.75) is 6.92 Å². The van der Waals surface area contributed by atoms with Gasteiger partial charge in [0, 0.05) is 17.3 Å². The lowest BCUT2D eigenvalue weighted by Crippen LogP contribution is -2.11. The number of aryl methyl sites for hydroxylation is 1. The Kier molecular flexibility index (Phi) is 6.70. The molecule has 154 valence electrons. The summed E-state index contributed by atoms with van der Waals surface area (Å²) in [5, 5.41) is 2.95. The van der Waals surface area contributed by atoms with Gasteiger partial charge < -0.3 is 19.5 Å². The zero-order valence-corrected chi connectivity index (χ0v) is 17.4. The summed E-state index contributed by atoms with van der Waals surface area (Å²) in [7, 11) is 4.69. The van der Waals surface area contributed by atoms with Gasteiger partial charge in [-0.15, -0.1) is 0 Å². The Hall–Kier alpha value is -3.80. The van der Waals surface area contributed by atoms with Crippen molar-refractivity contribution in [1.29, 1.82) is 0 Å². The molecule has 0 unspecified atom stereocenters. The van der Waals surface area contributed by atoms with Crippen LogP contribution in [0, 0.1) is 6.92 Å². The van der Waals surface area contributed by atoms with Crippen molar-refractivity contribution in [3.8, 4) is 17.2 Å². The van der Waals surface area contributed by atoms with Crippen molar-refractivity contribution < 1.29 is 19.0 Å². The van der Waals surface area contributed by atoms with Crippen LogP contribution in [0.25, 0.3) is 0 Å². The van der Waals surface area contributed by atoms with E-state index in [1.807, 2.05) is 43.3 Å². The number of nitrogens with one attached hydrogen (secondary N) is 1. The molecule has 30 heavy (non-hydrogen) atoms. The molecule has 3 aromatic carbocycles. The fourth-order valence-corrected chi connectivity index (χ4v) is 2.97. The van der Waals surface area contributed by atoms with E-state index < -0.39 is 0 Å². The number of methoxy groups -OCH3 is 3. The second kappa shape index (κ2) is 9.60. The maximum Gasteiger partial charge on any atom is 0.255 e. The van der Waals surface area contributed by atoms with Crippen molar-refractivity contribution in [1.82, 2.24) is 0 Å². The number of aliphatic imine (C=N–C) groups is 1. The second-order valence-corrected chi connectivity index (χ2v) is 6.56. The molecule has 0 spiro atoms. The monoisotopic (exact) mass is 404 g/mol. The molecule has 0 fully saturated rings. The maximum absolute atomic E-state index is 12.6. The lowest BCUT2D eigenvalue weighted by atomic mass is 10.1. The Morgan fingerprint density at radius 2 is 1.57 bits per heavy atom. The number of anilines is 1. The van der Waals surface area contributed by atoms with Gasteiger partial charge in [0.15, 0.2) is 11.5 Å². The Morgan fingerprint density at radius 1 is 0.900 bits per heavy atom. The largest absolute Gasteiger partial charge is 0.493 e. The van der Waals surface area contributed by atoms with E-state index in [1.165, 1.54) is 0 Å². The molecule has 0 aliphatic heterocycles. The second-order valence-electron chi connectivity index (χ2n) is 6.56. The first-order valence-corrected chi connectivity index (χ1v) is 9.37. The van der Waals surface area contributed by atoms with Gasteiger partial charge in [-0.2, -0.15) is 0 Å². The average Bonchev–Trinajstić information content (AvgIpc) is 2.78. The van der Waals surface area contributed by atoms with Crippen LogP contribution in [-0.2, 0) is 0 Å². The molecule has 1 N–H and O–H groups in total. The van der Waals surface area contributed by atoms with Crippen LogP contribution in [0.1, 0.15) is 21.5 Å². The van der Waals surface area contributed by atoms with Gasteiger partial charge in [-0.05, 0) is 48.9 Å². The molecular formula is C24H24N2O4. The highest BCUT2D eigenvalue weighted by atomic mass is 16.5. The van der Waals surface area contributed by atoms with Crippen LogP contribution in [0.5, 0.6) is 17.2 Å². The number of benzene rings is 3. The normalized spacial score (nSPS) is 10.7. The molecule has 6 nitrogen and oxygen atoms in total. The molecule has 0 aromatic heterocycles. The van der Waals surface area contributed by atoms with Gasteiger partial charge >= 0.3 is 0 Å². The number of hydrogen-bond acceptors (Lipinski definition) is 5. The third kappa shape index (κ3) is 4.78. The number of hydrogen-bond donors (Lipinski definition) is 1. The first-order valence-electron chi connectivity index (χ1n) is 9.37. The zero-order chi connectivity index (χ0) is 21.5. The van der Waals surface area contributed by atoms with Crippen LogP contribution in [0.2, 0.25) is 0 Å². The Morgan fingerprint density at radius 3 is 2.17 bits per heavy atom. The van der Waals surface area contributed by atoms with Crippen molar-refractivity contribution in [2.75, 3.05) is 26.6 Å². The summed E-state index contributed by atoms with van der Waals surface area (Å²) >= 11 is 0. The van der Waals surface area contributed by atoms with Crippen molar-refractivity contribution in [3.63, 3.8) is 0 Å². The first kappa shape index (κ1) is 20.9. The summed E-state index contributed by atoms with van der Waals surface area (Å²) in [6, 6.07) is 18.4. The van der Waals surface area contributed by atoms with Gasteiger partial charge in [-0.1, -0.05) is 24.3 Å². The van der Waals surface area contributed by atoms with Gasteiger partial charge in [-0.3, -0.25) is 9.79 Å². The van der Waals surface area contributed by atoms with E-state index in [0.717, 1.165) is 11.1 Å². The van der Waals surface area contributed by atoms with E-state index in [-0.39, 0.29) is 5.91 Å². The molecule has 3 aromatic rings. The topological polar surface area (TPSA) is 69.2 Å². The highest BCUT2D eigenvalue weighted by Gasteiger charge is 2.13. The van der Waals surface area contributed by atoms with Crippen LogP contribution in [0.3, 0.4) is 0 Å². The Labute approximate surface area is 176 Å². The van der Waals surface area contributed by atoms with E-state index in [1.54, 1.807) is 51.8 Å². The Balaban J connectivity index is 1.92. The number of ether oxygens (including phenoxy) is 3. The Bertz CT molecular complexity index is 1040. The summed E-state index contributed by atoms with van der Waals surface area (Å²) in [6.45, 7) is 1.96. The molecule has 0 aliphatic rings. The van der Waals surface area contributed by atoms with Gasteiger partial charge in [-0.25, -0.2) is 0 Å². The van der Waals surface area contributed by atoms with Gasteiger partial charge in [0.25, 0.3) is 5.91 Å². The van der Waals surface area contributed by atoms with Crippen molar-refractivity contribution in [2.24, 2.45) is 4.99 Å². The van der Waals surface area contributed by atoms with Crippen LogP contribution in [0.4, 0.5) is 11.4 Å². The van der Waals surface area contributed by atoms with E-state index in [4.69, 9.17) is 14.2 Å². The SMILES string of the molecule is COc1cc(/C=N/c2ccc(C)cc2NC(=O)c2ccccc2)cc(OC)c1OC. The highest BCUT2D eigenvalue weighted by Crippen LogP contribution is 2.38. The van der Waals surface area contributed by atoms with Crippen molar-refractivity contribution in [3.05, 3.63) is 77.4 Å². The van der Waals surface area contributed by atoms with Gasteiger partial charge in [0.05, 0.1) is 32.7 Å². The lowest BCUT2D eigenvalue weighted by molar-refractivity contribution is 0.102. The summed E-state index contributed by atoms with van der Waals surface area (Å²) in [4.78, 5) is 17.2. The average molecular weight is 404 g/mol. The number of carbonyl (C=O) groups excluding carboxylic acids is 1. The zero-order valence-electron chi connectivity index (χ0n) is 17.4. The van der Waals surface area contributed by atoms with Crippen LogP contribution >= 0.6 is 0 Å². The van der Waals surface area contributed by atoms with E-state index in [9.17, 15) is 4.79 Å². The number of carbonyl (C=O) groups is 1. The summed E-state index contributed by atoms with van der Waals surface area (Å²) in [6.07, 6.45) is 1.69. The molecule has 0 heterocycles. The summed E-state index contributed by atoms with van der Waals surface area (Å²) < 4.78 is 16.1. The molecule has 3 rings (SSSR count). The molecule has 0 saturated heterocycles. The molecule has 0 saturated carbocycles. The standard InChI is InChI=1S/C24H24N2O4/c1-16-10-11-19(20(12-16)26-24(27)18-8-6-5-7-9-18)25-15-17-13-21(28-2)23(30-4)22(14-17)29-3/h5-15H,1-4H3,(H,26,27)/b25-15+. The lowest BCUT2D eigenvalue weighted by Gasteiger charge is -2.13. The minimum Gasteiger partial charge on any atom is -0.493 e. The molecule has 0 bridgehead atoms. The quantitative estimate of drug-likeness (QED) is 0.561. The molecule has 0 atom stereocenters. The van der Waals surface area contributed by atoms with Gasteiger partial charge in [0.1, 0.15) is 0 Å². The van der Waals surface area contributed by atoms with E-state index in [2.05, 4.69) is 10.3 Å². The van der Waals surface area contributed by atoms with Crippen molar-refractivity contribution >= 4 is 23.5 Å². The molecule has 0 aliphatic carbocycles. The fourth-order valence-electron chi connectivity index (χ4n) is 2.97. The van der Waals surface area contributed by atoms with Crippen LogP contribution < -0.4 is 19.5 Å². The van der Waals surface area contributed by atoms with Crippen LogP contribution in [-0.4, -0.2) is 33.5 Å². The number of rotatable bonds is 7. The number of nitrogens with zero attached hydrogens (tertiary/aromatic N) is 1. The maximum atomic E-state index is 12.6. The smallest absolute Gasteiger partial charge is 0.255 e. The molecular weight excluding hydrogens is 380 g/mol. The molecule has 0 radical (unpaired) electrons. The van der Waals surface area contributed by atoms with Crippen LogP contribution in [0.15, 0.2) is 65.7 Å². The number of amides is 1. The minimum atomic E-state index is -0.189. The predicted molar refractivity (Wildman–Crippen MR) is 119 cm³/mol.